The van der Waals surface area contributed by atoms with E-state index in [0.717, 1.165) is 5.75 Å². The van der Waals surface area contributed by atoms with Crippen molar-refractivity contribution in [1.29, 1.82) is 0 Å². The number of ether oxygens (including phenoxy) is 2. The molecule has 1 N–H and O–H groups in total. The molecule has 1 saturated carbocycles. The lowest BCUT2D eigenvalue weighted by Gasteiger charge is -2.07. The van der Waals surface area contributed by atoms with Gasteiger partial charge in [-0.15, -0.1) is 11.8 Å². The molecule has 1 heterocycles. The van der Waals surface area contributed by atoms with Crippen molar-refractivity contribution >= 4 is 17.7 Å². The summed E-state index contributed by atoms with van der Waals surface area (Å²) in [6.07, 6.45) is 5.00. The van der Waals surface area contributed by atoms with Gasteiger partial charge in [0, 0.05) is 5.25 Å². The molecule has 1 aromatic carbocycles. The summed E-state index contributed by atoms with van der Waals surface area (Å²) in [7, 11) is 1.61. The average Bonchev–Trinajstić information content (AvgIpc) is 3.35. The zero-order valence-corrected chi connectivity index (χ0v) is 15.6. The number of hydrogen-bond donors (Lipinski definition) is 1. The van der Waals surface area contributed by atoms with Gasteiger partial charge in [0.25, 0.3) is 0 Å². The number of thioether (sulfide) groups is 1. The SMILES string of the molecule is COc1ccc(OCc2noc(CNC(=O)CSC3CCCC3)n2)cc1. The van der Waals surface area contributed by atoms with Crippen LogP contribution in [-0.2, 0) is 17.9 Å². The van der Waals surface area contributed by atoms with Crippen LogP contribution in [0.5, 0.6) is 11.5 Å². The van der Waals surface area contributed by atoms with Crippen LogP contribution in [0, 0.1) is 0 Å². The summed E-state index contributed by atoms with van der Waals surface area (Å²) in [5, 5.41) is 7.30. The van der Waals surface area contributed by atoms with E-state index >= 15 is 0 Å². The number of aromatic nitrogens is 2. The average molecular weight is 377 g/mol. The molecule has 1 fully saturated rings. The van der Waals surface area contributed by atoms with Crippen molar-refractivity contribution in [3.63, 3.8) is 0 Å². The van der Waals surface area contributed by atoms with Crippen LogP contribution in [0.1, 0.15) is 37.4 Å². The number of methoxy groups -OCH3 is 1. The Kier molecular flexibility index (Phi) is 6.76. The minimum Gasteiger partial charge on any atom is -0.497 e. The van der Waals surface area contributed by atoms with Gasteiger partial charge in [-0.2, -0.15) is 4.98 Å². The Morgan fingerprint density at radius 1 is 1.27 bits per heavy atom. The van der Waals surface area contributed by atoms with Crippen LogP contribution in [0.2, 0.25) is 0 Å². The van der Waals surface area contributed by atoms with Gasteiger partial charge >= 0.3 is 0 Å². The predicted octanol–water partition coefficient (Wildman–Crippen LogP) is 2.95. The molecular weight excluding hydrogens is 354 g/mol. The van der Waals surface area contributed by atoms with Crippen molar-refractivity contribution in [2.45, 2.75) is 44.1 Å². The van der Waals surface area contributed by atoms with Crippen LogP contribution < -0.4 is 14.8 Å². The number of benzene rings is 1. The molecule has 7 nitrogen and oxygen atoms in total. The predicted molar refractivity (Wildman–Crippen MR) is 98.2 cm³/mol. The molecular formula is C18H23N3O4S. The summed E-state index contributed by atoms with van der Waals surface area (Å²) in [6, 6.07) is 7.25. The van der Waals surface area contributed by atoms with Crippen molar-refractivity contribution in [3.05, 3.63) is 36.0 Å². The molecule has 1 amide bonds. The molecule has 3 rings (SSSR count). The van der Waals surface area contributed by atoms with E-state index in [1.54, 1.807) is 18.9 Å². The molecule has 26 heavy (non-hydrogen) atoms. The maximum Gasteiger partial charge on any atom is 0.246 e. The van der Waals surface area contributed by atoms with Crippen molar-refractivity contribution in [2.75, 3.05) is 12.9 Å². The molecule has 0 radical (unpaired) electrons. The van der Waals surface area contributed by atoms with Crippen LogP contribution in [0.3, 0.4) is 0 Å². The Balaban J connectivity index is 1.37. The Hall–Kier alpha value is -2.22. The van der Waals surface area contributed by atoms with Gasteiger partial charge in [-0.1, -0.05) is 18.0 Å². The first kappa shape index (κ1) is 18.6. The van der Waals surface area contributed by atoms with Gasteiger partial charge in [0.05, 0.1) is 19.4 Å². The molecule has 1 aliphatic carbocycles. The third-order valence-corrected chi connectivity index (χ3v) is 5.50. The smallest absolute Gasteiger partial charge is 0.246 e. The zero-order valence-electron chi connectivity index (χ0n) is 14.8. The second kappa shape index (κ2) is 9.47. The van der Waals surface area contributed by atoms with Crippen LogP contribution in [0.15, 0.2) is 28.8 Å². The van der Waals surface area contributed by atoms with Crippen molar-refractivity contribution in [1.82, 2.24) is 15.5 Å². The Labute approximate surface area is 156 Å². The van der Waals surface area contributed by atoms with Crippen molar-refractivity contribution in [2.24, 2.45) is 0 Å². The first-order valence-electron chi connectivity index (χ1n) is 8.69. The lowest BCUT2D eigenvalue weighted by Crippen LogP contribution is -2.25. The van der Waals surface area contributed by atoms with Gasteiger partial charge in [-0.25, -0.2) is 0 Å². The lowest BCUT2D eigenvalue weighted by atomic mass is 10.3. The lowest BCUT2D eigenvalue weighted by molar-refractivity contribution is -0.118. The zero-order chi connectivity index (χ0) is 18.2. The summed E-state index contributed by atoms with van der Waals surface area (Å²) in [5.41, 5.74) is 0. The van der Waals surface area contributed by atoms with Gasteiger partial charge in [0.1, 0.15) is 11.5 Å². The highest BCUT2D eigenvalue weighted by atomic mass is 32.2. The highest BCUT2D eigenvalue weighted by Crippen LogP contribution is 2.29. The first-order chi connectivity index (χ1) is 12.7. The largest absolute Gasteiger partial charge is 0.497 e. The molecule has 1 aromatic heterocycles. The second-order valence-electron chi connectivity index (χ2n) is 6.06. The Morgan fingerprint density at radius 2 is 2.00 bits per heavy atom. The maximum absolute atomic E-state index is 11.9. The van der Waals surface area contributed by atoms with E-state index in [4.69, 9.17) is 14.0 Å². The molecule has 1 aliphatic rings. The minimum absolute atomic E-state index is 0.00358. The van der Waals surface area contributed by atoms with Gasteiger partial charge in [-0.3, -0.25) is 4.79 Å². The highest BCUT2D eigenvalue weighted by Gasteiger charge is 2.17. The summed E-state index contributed by atoms with van der Waals surface area (Å²) in [5.74, 6) is 2.74. The molecule has 0 atom stereocenters. The third kappa shape index (κ3) is 5.66. The Morgan fingerprint density at radius 3 is 2.73 bits per heavy atom. The van der Waals surface area contributed by atoms with E-state index in [0.29, 0.717) is 28.5 Å². The molecule has 2 aromatic rings. The Bertz CT molecular complexity index is 699. The summed E-state index contributed by atoms with van der Waals surface area (Å²) >= 11 is 1.73. The molecule has 0 saturated heterocycles. The number of carbonyl (C=O) groups excluding carboxylic acids is 1. The van der Waals surface area contributed by atoms with Crippen molar-refractivity contribution < 1.29 is 18.8 Å². The standard InChI is InChI=1S/C18H23N3O4S/c1-23-13-6-8-14(9-7-13)24-11-16-20-18(25-21-16)10-19-17(22)12-26-15-4-2-3-5-15/h6-9,15H,2-5,10-12H2,1H3,(H,19,22). The summed E-state index contributed by atoms with van der Waals surface area (Å²) in [6.45, 7) is 0.431. The number of carbonyl (C=O) groups is 1. The molecule has 140 valence electrons. The van der Waals surface area contributed by atoms with Crippen LogP contribution >= 0.6 is 11.8 Å². The molecule has 0 unspecified atom stereocenters. The quantitative estimate of drug-likeness (QED) is 0.719. The molecule has 0 aliphatic heterocycles. The van der Waals surface area contributed by atoms with Gasteiger partial charge in [0.2, 0.25) is 17.6 Å². The minimum atomic E-state index is -0.00358. The van der Waals surface area contributed by atoms with Crippen molar-refractivity contribution in [3.8, 4) is 11.5 Å². The van der Waals surface area contributed by atoms with E-state index in [1.807, 2.05) is 24.3 Å². The van der Waals surface area contributed by atoms with Gasteiger partial charge < -0.3 is 19.3 Å². The molecule has 8 heteroatoms. The van der Waals surface area contributed by atoms with E-state index in [9.17, 15) is 4.79 Å². The summed E-state index contributed by atoms with van der Waals surface area (Å²) in [4.78, 5) is 16.1. The number of nitrogens with zero attached hydrogens (tertiary/aromatic N) is 2. The fraction of sp³-hybridized carbons (Fsp3) is 0.500. The van der Waals surface area contributed by atoms with Crippen LogP contribution in [0.4, 0.5) is 0 Å². The third-order valence-electron chi connectivity index (χ3n) is 4.13. The fourth-order valence-corrected chi connectivity index (χ4v) is 3.87. The topological polar surface area (TPSA) is 86.5 Å². The molecule has 0 bridgehead atoms. The summed E-state index contributed by atoms with van der Waals surface area (Å²) < 4.78 is 15.8. The number of hydrogen-bond acceptors (Lipinski definition) is 7. The maximum atomic E-state index is 11.9. The van der Waals surface area contributed by atoms with Crippen LogP contribution in [0.25, 0.3) is 0 Å². The van der Waals surface area contributed by atoms with E-state index < -0.39 is 0 Å². The van der Waals surface area contributed by atoms with Crippen LogP contribution in [-0.4, -0.2) is 34.2 Å². The molecule has 0 spiro atoms. The number of nitrogens with one attached hydrogen (secondary N) is 1. The first-order valence-corrected chi connectivity index (χ1v) is 9.74. The van der Waals surface area contributed by atoms with E-state index in [1.165, 1.54) is 25.7 Å². The second-order valence-corrected chi connectivity index (χ2v) is 7.35. The highest BCUT2D eigenvalue weighted by molar-refractivity contribution is 8.00. The van der Waals surface area contributed by atoms with Gasteiger partial charge in [0.15, 0.2) is 6.61 Å². The van der Waals surface area contributed by atoms with E-state index in [2.05, 4.69) is 15.5 Å². The number of amides is 1. The number of rotatable bonds is 9. The normalized spacial score (nSPS) is 14.3. The van der Waals surface area contributed by atoms with Gasteiger partial charge in [-0.05, 0) is 37.1 Å². The fourth-order valence-electron chi connectivity index (χ4n) is 2.71. The monoisotopic (exact) mass is 377 g/mol. The van der Waals surface area contributed by atoms with E-state index in [-0.39, 0.29) is 19.1 Å².